The van der Waals surface area contributed by atoms with E-state index in [1.165, 1.54) is 6.07 Å². The van der Waals surface area contributed by atoms with E-state index in [9.17, 15) is 14.9 Å². The molecule has 1 aromatic heterocycles. The van der Waals surface area contributed by atoms with Gasteiger partial charge in [0.15, 0.2) is 5.69 Å². The number of para-hydroxylation sites is 1. The highest BCUT2D eigenvalue weighted by Gasteiger charge is 2.16. The molecule has 0 radical (unpaired) electrons. The van der Waals surface area contributed by atoms with E-state index >= 15 is 0 Å². The van der Waals surface area contributed by atoms with Crippen molar-refractivity contribution in [2.75, 3.05) is 0 Å². The molecule has 0 saturated carbocycles. The molecule has 0 unspecified atom stereocenters. The summed E-state index contributed by atoms with van der Waals surface area (Å²) in [4.78, 5) is 22.2. The Morgan fingerprint density at radius 3 is 2.90 bits per heavy atom. The first kappa shape index (κ1) is 14.7. The molecule has 0 fully saturated rings. The number of nitro benzene ring substituents is 1. The first-order chi connectivity index (χ1) is 10.1. The average molecular weight is 289 g/mol. The molecule has 1 aromatic carbocycles. The van der Waals surface area contributed by atoms with Crippen molar-refractivity contribution in [3.8, 4) is 0 Å². The number of nitrogens with one attached hydrogen (secondary N) is 1. The number of H-pyrrole nitrogens is 1. The zero-order valence-corrected chi connectivity index (χ0v) is 11.5. The number of aryl methyl sites for hydroxylation is 1. The van der Waals surface area contributed by atoms with Crippen LogP contribution in [-0.2, 0) is 17.8 Å². The first-order valence-corrected chi connectivity index (χ1v) is 6.55. The van der Waals surface area contributed by atoms with E-state index in [4.69, 9.17) is 4.74 Å². The summed E-state index contributed by atoms with van der Waals surface area (Å²) in [5, 5.41) is 17.5. The Kier molecular flexibility index (Phi) is 4.65. The Morgan fingerprint density at radius 2 is 2.19 bits per heavy atom. The maximum atomic E-state index is 11.8. The lowest BCUT2D eigenvalue weighted by Gasteiger charge is -2.03. The van der Waals surface area contributed by atoms with Crippen LogP contribution >= 0.6 is 0 Å². The number of hydrogen-bond donors (Lipinski definition) is 1. The van der Waals surface area contributed by atoms with E-state index in [0.717, 1.165) is 18.5 Å². The molecule has 0 spiro atoms. The molecule has 2 rings (SSSR count). The van der Waals surface area contributed by atoms with Gasteiger partial charge in [-0.25, -0.2) is 4.79 Å². The molecular weight excluding hydrogens is 274 g/mol. The molecule has 7 heteroatoms. The van der Waals surface area contributed by atoms with Gasteiger partial charge >= 0.3 is 5.97 Å². The minimum atomic E-state index is -0.605. The summed E-state index contributed by atoms with van der Waals surface area (Å²) < 4.78 is 5.07. The molecule has 0 atom stereocenters. The molecule has 7 nitrogen and oxygen atoms in total. The fourth-order valence-corrected chi connectivity index (χ4v) is 1.89. The van der Waals surface area contributed by atoms with Crippen molar-refractivity contribution in [3.05, 3.63) is 57.4 Å². The highest BCUT2D eigenvalue weighted by Crippen LogP contribution is 2.18. The van der Waals surface area contributed by atoms with Gasteiger partial charge in [0.1, 0.15) is 6.61 Å². The van der Waals surface area contributed by atoms with Gasteiger partial charge in [-0.15, -0.1) is 0 Å². The number of carbonyl (C=O) groups is 1. The fraction of sp³-hybridized carbons (Fsp3) is 0.286. The average Bonchev–Trinajstić information content (AvgIpc) is 2.94. The summed E-state index contributed by atoms with van der Waals surface area (Å²) in [6.07, 6.45) is 1.73. The van der Waals surface area contributed by atoms with Crippen LogP contribution in [0.3, 0.4) is 0 Å². The number of esters is 1. The van der Waals surface area contributed by atoms with Gasteiger partial charge in [0.2, 0.25) is 0 Å². The predicted molar refractivity (Wildman–Crippen MR) is 74.8 cm³/mol. The molecule has 21 heavy (non-hydrogen) atoms. The van der Waals surface area contributed by atoms with Crippen molar-refractivity contribution < 1.29 is 14.5 Å². The van der Waals surface area contributed by atoms with Crippen LogP contribution in [0.4, 0.5) is 5.69 Å². The Balaban J connectivity index is 2.02. The van der Waals surface area contributed by atoms with E-state index in [1.807, 2.05) is 6.92 Å². The highest BCUT2D eigenvalue weighted by atomic mass is 16.6. The van der Waals surface area contributed by atoms with Crippen molar-refractivity contribution in [3.63, 3.8) is 0 Å². The zero-order chi connectivity index (χ0) is 15.2. The molecule has 0 aliphatic heterocycles. The lowest BCUT2D eigenvalue weighted by molar-refractivity contribution is -0.385. The third-order valence-corrected chi connectivity index (χ3v) is 2.91. The van der Waals surface area contributed by atoms with Crippen LogP contribution in [0.25, 0.3) is 0 Å². The van der Waals surface area contributed by atoms with Gasteiger partial charge in [0.25, 0.3) is 5.69 Å². The largest absolute Gasteiger partial charge is 0.456 e. The lowest BCUT2D eigenvalue weighted by atomic mass is 10.2. The topological polar surface area (TPSA) is 98.1 Å². The van der Waals surface area contributed by atoms with E-state index < -0.39 is 10.9 Å². The summed E-state index contributed by atoms with van der Waals surface area (Å²) >= 11 is 0. The van der Waals surface area contributed by atoms with Crippen molar-refractivity contribution >= 4 is 11.7 Å². The van der Waals surface area contributed by atoms with Gasteiger partial charge in [0, 0.05) is 11.8 Å². The third kappa shape index (κ3) is 3.65. The van der Waals surface area contributed by atoms with Crippen molar-refractivity contribution in [2.24, 2.45) is 0 Å². The molecule has 110 valence electrons. The van der Waals surface area contributed by atoms with E-state index in [2.05, 4.69) is 10.2 Å². The van der Waals surface area contributed by atoms with Gasteiger partial charge in [0.05, 0.1) is 10.5 Å². The van der Waals surface area contributed by atoms with Crippen LogP contribution in [0.15, 0.2) is 30.3 Å². The van der Waals surface area contributed by atoms with Gasteiger partial charge in [-0.1, -0.05) is 25.5 Å². The van der Waals surface area contributed by atoms with Crippen LogP contribution in [-0.4, -0.2) is 21.1 Å². The predicted octanol–water partition coefficient (Wildman–Crippen LogP) is 2.63. The first-order valence-electron chi connectivity index (χ1n) is 6.55. The summed E-state index contributed by atoms with van der Waals surface area (Å²) in [7, 11) is 0. The summed E-state index contributed by atoms with van der Waals surface area (Å²) in [5.74, 6) is -0.605. The minimum Gasteiger partial charge on any atom is -0.456 e. The number of rotatable bonds is 6. The monoisotopic (exact) mass is 289 g/mol. The molecule has 2 aromatic rings. The molecule has 0 saturated heterocycles. The molecule has 0 bridgehead atoms. The Morgan fingerprint density at radius 1 is 1.43 bits per heavy atom. The maximum absolute atomic E-state index is 11.8. The number of aromatic amines is 1. The van der Waals surface area contributed by atoms with Crippen molar-refractivity contribution in [2.45, 2.75) is 26.4 Å². The van der Waals surface area contributed by atoms with Gasteiger partial charge in [-0.2, -0.15) is 5.10 Å². The minimum absolute atomic E-state index is 0.0704. The van der Waals surface area contributed by atoms with Crippen molar-refractivity contribution in [1.29, 1.82) is 0 Å². The zero-order valence-electron chi connectivity index (χ0n) is 11.5. The van der Waals surface area contributed by atoms with E-state index in [0.29, 0.717) is 5.56 Å². The SMILES string of the molecule is CCCc1cc(C(=O)OCc2ccccc2[N+](=O)[O-])n[nH]1. The molecular formula is C14H15N3O4. The Hall–Kier alpha value is -2.70. The number of nitrogens with zero attached hydrogens (tertiary/aromatic N) is 2. The molecule has 0 aliphatic carbocycles. The summed E-state index contributed by atoms with van der Waals surface area (Å²) in [5.41, 5.74) is 1.31. The second kappa shape index (κ2) is 6.65. The summed E-state index contributed by atoms with van der Waals surface area (Å²) in [6.45, 7) is 1.86. The number of hydrogen-bond acceptors (Lipinski definition) is 5. The maximum Gasteiger partial charge on any atom is 0.359 e. The number of benzene rings is 1. The molecule has 0 aliphatic rings. The number of nitro groups is 1. The third-order valence-electron chi connectivity index (χ3n) is 2.91. The Labute approximate surface area is 121 Å². The fourth-order valence-electron chi connectivity index (χ4n) is 1.89. The summed E-state index contributed by atoms with van der Waals surface area (Å²) in [6, 6.07) is 7.78. The number of aromatic nitrogens is 2. The van der Waals surface area contributed by atoms with Gasteiger partial charge in [-0.05, 0) is 18.6 Å². The van der Waals surface area contributed by atoms with Gasteiger partial charge < -0.3 is 4.74 Å². The lowest BCUT2D eigenvalue weighted by Crippen LogP contribution is -2.07. The van der Waals surface area contributed by atoms with E-state index in [1.54, 1.807) is 24.3 Å². The standard InChI is InChI=1S/C14H15N3O4/c1-2-5-11-8-12(16-15-11)14(18)21-9-10-6-3-4-7-13(10)17(19)20/h3-4,6-8H,2,5,9H2,1H3,(H,15,16). The molecule has 0 amide bonds. The molecule has 1 N–H and O–H groups in total. The molecule has 1 heterocycles. The normalized spacial score (nSPS) is 10.3. The van der Waals surface area contributed by atoms with Crippen molar-refractivity contribution in [1.82, 2.24) is 10.2 Å². The van der Waals surface area contributed by atoms with Crippen LogP contribution in [0.2, 0.25) is 0 Å². The smallest absolute Gasteiger partial charge is 0.359 e. The van der Waals surface area contributed by atoms with Crippen LogP contribution in [0.5, 0.6) is 0 Å². The second-order valence-electron chi connectivity index (χ2n) is 4.49. The number of carbonyl (C=O) groups excluding carboxylic acids is 1. The Bertz CT molecular complexity index is 651. The van der Waals surface area contributed by atoms with Crippen LogP contribution in [0, 0.1) is 10.1 Å². The number of ether oxygens (including phenoxy) is 1. The van der Waals surface area contributed by atoms with E-state index in [-0.39, 0.29) is 18.0 Å². The quantitative estimate of drug-likeness (QED) is 0.500. The highest BCUT2D eigenvalue weighted by molar-refractivity contribution is 5.87. The second-order valence-corrected chi connectivity index (χ2v) is 4.49. The van der Waals surface area contributed by atoms with Crippen LogP contribution < -0.4 is 0 Å². The van der Waals surface area contributed by atoms with Gasteiger partial charge in [-0.3, -0.25) is 15.2 Å². The van der Waals surface area contributed by atoms with Crippen LogP contribution in [0.1, 0.15) is 35.1 Å².